The van der Waals surface area contributed by atoms with Gasteiger partial charge >= 0.3 is 0 Å². The molecule has 0 bridgehead atoms. The lowest BCUT2D eigenvalue weighted by molar-refractivity contribution is -0.264. The van der Waals surface area contributed by atoms with Crippen molar-refractivity contribution in [2.24, 2.45) is 17.8 Å². The Morgan fingerprint density at radius 3 is 1.44 bits per heavy atom. The van der Waals surface area contributed by atoms with Crippen LogP contribution in [-0.2, 0) is 18.6 Å². The van der Waals surface area contributed by atoms with Crippen molar-refractivity contribution in [3.63, 3.8) is 0 Å². The molecule has 0 unspecified atom stereocenters. The molecule has 0 N–H and O–H groups in total. The van der Waals surface area contributed by atoms with E-state index in [0.29, 0.717) is 17.8 Å². The topological polar surface area (TPSA) is 36.9 Å². The molecule has 4 nitrogen and oxygen atoms in total. The van der Waals surface area contributed by atoms with Crippen LogP contribution in [0.2, 0.25) is 6.55 Å². The zero-order chi connectivity index (χ0) is 11.0. The Balaban J connectivity index is 1.81. The molecule has 0 aromatic rings. The molecule has 0 radical (unpaired) electrons. The Morgan fingerprint density at radius 1 is 0.875 bits per heavy atom. The molecule has 3 aliphatic heterocycles. The Kier molecular flexibility index (Phi) is 3.06. The molecule has 3 aliphatic rings. The van der Waals surface area contributed by atoms with E-state index in [9.17, 15) is 0 Å². The van der Waals surface area contributed by atoms with E-state index in [4.69, 9.17) is 18.6 Å². The molecule has 0 atom stereocenters. The molecular formula is C11H20O4Si. The Hall–Kier alpha value is 0.0569. The molecule has 0 saturated carbocycles. The first-order chi connectivity index (χ1) is 7.88. The zero-order valence-electron chi connectivity index (χ0n) is 9.81. The summed E-state index contributed by atoms with van der Waals surface area (Å²) in [5.41, 5.74) is 0.0235. The van der Waals surface area contributed by atoms with Crippen LogP contribution in [-0.4, -0.2) is 55.0 Å². The highest BCUT2D eigenvalue weighted by atomic mass is 28.2. The first-order valence-electron chi connectivity index (χ1n) is 6.25. The monoisotopic (exact) mass is 244 g/mol. The quantitative estimate of drug-likeness (QED) is 0.628. The largest absolute Gasteiger partial charge is 0.417 e. The molecule has 0 aliphatic carbocycles. The Labute approximate surface area is 98.5 Å². The van der Waals surface area contributed by atoms with Gasteiger partial charge in [-0.05, 0) is 0 Å². The second kappa shape index (κ2) is 4.38. The minimum absolute atomic E-state index is 0.0235. The van der Waals surface area contributed by atoms with Crippen LogP contribution in [0.4, 0.5) is 0 Å². The molecule has 92 valence electrons. The standard InChI is InChI=1S/C11H20O4Si/c1-16-15-11(8-2-12-3-8,9-4-13-5-9)10-6-14-7-10/h8-10H,2-7,16H2,1H3. The van der Waals surface area contributed by atoms with Crippen LogP contribution < -0.4 is 0 Å². The molecule has 0 spiro atoms. The van der Waals surface area contributed by atoms with Crippen LogP contribution >= 0.6 is 0 Å². The first-order valence-corrected chi connectivity index (χ1v) is 8.24. The second-order valence-corrected chi connectivity index (χ2v) is 5.86. The first kappa shape index (κ1) is 11.2. The number of hydrogen-bond donors (Lipinski definition) is 0. The minimum Gasteiger partial charge on any atom is -0.417 e. The van der Waals surface area contributed by atoms with Crippen LogP contribution in [0, 0.1) is 17.8 Å². The van der Waals surface area contributed by atoms with Crippen molar-refractivity contribution in [1.29, 1.82) is 0 Å². The van der Waals surface area contributed by atoms with Gasteiger partial charge in [-0.15, -0.1) is 0 Å². The van der Waals surface area contributed by atoms with Crippen LogP contribution in [0.25, 0.3) is 0 Å². The molecule has 3 saturated heterocycles. The average Bonchev–Trinajstić information content (AvgIpc) is 1.92. The van der Waals surface area contributed by atoms with Crippen molar-refractivity contribution < 1.29 is 18.6 Å². The highest BCUT2D eigenvalue weighted by Crippen LogP contribution is 2.46. The molecule has 0 amide bonds. The summed E-state index contributed by atoms with van der Waals surface area (Å²) < 4.78 is 22.5. The fourth-order valence-electron chi connectivity index (χ4n) is 3.09. The van der Waals surface area contributed by atoms with E-state index in [0.717, 1.165) is 39.6 Å². The van der Waals surface area contributed by atoms with E-state index >= 15 is 0 Å². The summed E-state index contributed by atoms with van der Waals surface area (Å²) in [5.74, 6) is 1.72. The van der Waals surface area contributed by atoms with Crippen molar-refractivity contribution in [1.82, 2.24) is 0 Å². The summed E-state index contributed by atoms with van der Waals surface area (Å²) in [6.45, 7) is 7.39. The van der Waals surface area contributed by atoms with E-state index in [-0.39, 0.29) is 5.60 Å². The molecule has 3 rings (SSSR count). The molecule has 3 heterocycles. The van der Waals surface area contributed by atoms with Gasteiger partial charge in [0, 0.05) is 17.8 Å². The lowest BCUT2D eigenvalue weighted by Crippen LogP contribution is -2.67. The maximum Gasteiger partial charge on any atom is 0.159 e. The van der Waals surface area contributed by atoms with E-state index < -0.39 is 9.76 Å². The van der Waals surface area contributed by atoms with Crippen molar-refractivity contribution in [2.45, 2.75) is 12.1 Å². The highest BCUT2D eigenvalue weighted by molar-refractivity contribution is 6.25. The van der Waals surface area contributed by atoms with Gasteiger partial charge in [0.2, 0.25) is 0 Å². The van der Waals surface area contributed by atoms with Gasteiger partial charge in [-0.25, -0.2) is 0 Å². The van der Waals surface area contributed by atoms with Crippen molar-refractivity contribution >= 4 is 9.76 Å². The normalized spacial score (nSPS) is 29.1. The maximum absolute atomic E-state index is 6.34. The van der Waals surface area contributed by atoms with Gasteiger partial charge in [0.25, 0.3) is 0 Å². The fraction of sp³-hybridized carbons (Fsp3) is 1.00. The molecule has 3 fully saturated rings. The van der Waals surface area contributed by atoms with Crippen LogP contribution in [0.15, 0.2) is 0 Å². The fourth-order valence-corrected chi connectivity index (χ4v) is 4.30. The summed E-state index contributed by atoms with van der Waals surface area (Å²) in [6.07, 6.45) is 0. The number of rotatable bonds is 5. The Bertz CT molecular complexity index is 212. The SMILES string of the molecule is C[SiH2]OC(C1COC1)(C1COC1)C1COC1. The van der Waals surface area contributed by atoms with Crippen molar-refractivity contribution in [3.05, 3.63) is 0 Å². The molecule has 0 aromatic carbocycles. The smallest absolute Gasteiger partial charge is 0.159 e. The summed E-state index contributed by atoms with van der Waals surface area (Å²) in [7, 11) is -0.411. The van der Waals surface area contributed by atoms with Gasteiger partial charge in [-0.3, -0.25) is 0 Å². The average molecular weight is 244 g/mol. The van der Waals surface area contributed by atoms with Crippen LogP contribution in [0.5, 0.6) is 0 Å². The lowest BCUT2D eigenvalue weighted by atomic mass is 9.66. The van der Waals surface area contributed by atoms with Crippen molar-refractivity contribution in [2.75, 3.05) is 39.6 Å². The van der Waals surface area contributed by atoms with Gasteiger partial charge in [-0.2, -0.15) is 0 Å². The van der Waals surface area contributed by atoms with E-state index in [1.54, 1.807) is 0 Å². The predicted octanol–water partition coefficient (Wildman–Crippen LogP) is -0.187. The number of ether oxygens (including phenoxy) is 3. The van der Waals surface area contributed by atoms with Gasteiger partial charge in [0.1, 0.15) is 0 Å². The molecule has 16 heavy (non-hydrogen) atoms. The third-order valence-corrected chi connectivity index (χ3v) is 5.01. The predicted molar refractivity (Wildman–Crippen MR) is 61.2 cm³/mol. The van der Waals surface area contributed by atoms with E-state index in [1.165, 1.54) is 0 Å². The van der Waals surface area contributed by atoms with E-state index in [2.05, 4.69) is 6.55 Å². The maximum atomic E-state index is 6.34. The summed E-state index contributed by atoms with van der Waals surface area (Å²) in [4.78, 5) is 0. The Morgan fingerprint density at radius 2 is 1.25 bits per heavy atom. The molecule has 0 aromatic heterocycles. The summed E-state index contributed by atoms with van der Waals surface area (Å²) in [6, 6.07) is 0. The highest BCUT2D eigenvalue weighted by Gasteiger charge is 2.57. The zero-order valence-corrected chi connectivity index (χ0v) is 11.2. The lowest BCUT2D eigenvalue weighted by Gasteiger charge is -2.57. The van der Waals surface area contributed by atoms with Gasteiger partial charge in [0.15, 0.2) is 9.76 Å². The van der Waals surface area contributed by atoms with Gasteiger partial charge < -0.3 is 18.6 Å². The van der Waals surface area contributed by atoms with E-state index in [1.807, 2.05) is 0 Å². The molecular weight excluding hydrogens is 224 g/mol. The summed E-state index contributed by atoms with van der Waals surface area (Å²) >= 11 is 0. The van der Waals surface area contributed by atoms with Crippen LogP contribution in [0.3, 0.4) is 0 Å². The second-order valence-electron chi connectivity index (χ2n) is 4.99. The van der Waals surface area contributed by atoms with Crippen LogP contribution in [0.1, 0.15) is 0 Å². The number of hydrogen-bond acceptors (Lipinski definition) is 4. The molecule has 5 heteroatoms. The van der Waals surface area contributed by atoms with Gasteiger partial charge in [-0.1, -0.05) is 6.55 Å². The third-order valence-electron chi connectivity index (χ3n) is 4.22. The van der Waals surface area contributed by atoms with Gasteiger partial charge in [0.05, 0.1) is 45.2 Å². The minimum atomic E-state index is -0.411. The third kappa shape index (κ3) is 1.49. The summed E-state index contributed by atoms with van der Waals surface area (Å²) in [5, 5.41) is 0. The van der Waals surface area contributed by atoms with Crippen molar-refractivity contribution in [3.8, 4) is 0 Å².